The molecule has 0 aromatic carbocycles. The van der Waals surface area contributed by atoms with Gasteiger partial charge in [-0.2, -0.15) is 5.10 Å². The number of hydrogen-bond acceptors (Lipinski definition) is 4. The molecule has 0 aliphatic heterocycles. The van der Waals surface area contributed by atoms with E-state index in [1.807, 2.05) is 0 Å². The summed E-state index contributed by atoms with van der Waals surface area (Å²) in [6.45, 7) is 0.814. The fraction of sp³-hybridized carbons (Fsp3) is 0.500. The maximum Gasteiger partial charge on any atom is 0.339 e. The van der Waals surface area contributed by atoms with Gasteiger partial charge in [0.05, 0.1) is 17.3 Å². The molecule has 0 bridgehead atoms. The van der Waals surface area contributed by atoms with Crippen LogP contribution in [-0.2, 0) is 7.05 Å². The van der Waals surface area contributed by atoms with Crippen LogP contribution < -0.4 is 5.32 Å². The summed E-state index contributed by atoms with van der Waals surface area (Å²) in [6, 6.07) is 0. The molecule has 1 saturated carbocycles. The van der Waals surface area contributed by atoms with Crippen molar-refractivity contribution in [3.05, 3.63) is 18.0 Å². The first-order chi connectivity index (χ1) is 9.66. The summed E-state index contributed by atoms with van der Waals surface area (Å²) in [6.07, 6.45) is 8.07. The van der Waals surface area contributed by atoms with E-state index in [9.17, 15) is 9.90 Å². The van der Waals surface area contributed by atoms with Crippen LogP contribution in [0.15, 0.2) is 12.4 Å². The molecule has 1 aliphatic rings. The number of nitrogens with zero attached hydrogens (tertiary/aromatic N) is 3. The standard InChI is InChI=1S/C14H18N4O2/c1-18-13-10(8-17-18)12(11(7-16-13)14(19)20)15-6-9-4-2-3-5-9/h7-9H,2-6H2,1H3,(H,15,16)(H,19,20). The highest BCUT2D eigenvalue weighted by Crippen LogP contribution is 2.29. The number of carboxylic acids is 1. The van der Waals surface area contributed by atoms with E-state index in [4.69, 9.17) is 0 Å². The maximum atomic E-state index is 11.4. The first kappa shape index (κ1) is 12.9. The lowest BCUT2D eigenvalue weighted by molar-refractivity contribution is 0.0697. The van der Waals surface area contributed by atoms with Crippen molar-refractivity contribution >= 4 is 22.7 Å². The SMILES string of the molecule is Cn1ncc2c(NCC3CCCC3)c(C(=O)O)cnc21. The molecule has 2 heterocycles. The first-order valence-corrected chi connectivity index (χ1v) is 6.94. The van der Waals surface area contributed by atoms with Crippen LogP contribution in [0, 0.1) is 5.92 Å². The number of aromatic carboxylic acids is 1. The Morgan fingerprint density at radius 1 is 1.45 bits per heavy atom. The Balaban J connectivity index is 1.96. The molecule has 2 aromatic heterocycles. The number of rotatable bonds is 4. The predicted molar refractivity (Wildman–Crippen MR) is 75.9 cm³/mol. The van der Waals surface area contributed by atoms with Gasteiger partial charge in [-0.05, 0) is 18.8 Å². The number of fused-ring (bicyclic) bond motifs is 1. The second-order valence-electron chi connectivity index (χ2n) is 5.39. The quantitative estimate of drug-likeness (QED) is 0.894. The van der Waals surface area contributed by atoms with Crippen molar-refractivity contribution in [3.63, 3.8) is 0 Å². The topological polar surface area (TPSA) is 80.0 Å². The average Bonchev–Trinajstić information content (AvgIpc) is 3.06. The van der Waals surface area contributed by atoms with Crippen LogP contribution in [0.4, 0.5) is 5.69 Å². The molecular formula is C14H18N4O2. The van der Waals surface area contributed by atoms with E-state index in [1.54, 1.807) is 17.9 Å². The normalized spacial score (nSPS) is 15.8. The van der Waals surface area contributed by atoms with Crippen molar-refractivity contribution in [2.75, 3.05) is 11.9 Å². The summed E-state index contributed by atoms with van der Waals surface area (Å²) in [4.78, 5) is 15.5. The number of aromatic nitrogens is 3. The van der Waals surface area contributed by atoms with Gasteiger partial charge in [-0.1, -0.05) is 12.8 Å². The zero-order chi connectivity index (χ0) is 14.1. The highest BCUT2D eigenvalue weighted by atomic mass is 16.4. The van der Waals surface area contributed by atoms with Crippen LogP contribution >= 0.6 is 0 Å². The summed E-state index contributed by atoms with van der Waals surface area (Å²) in [5, 5.41) is 17.6. The van der Waals surface area contributed by atoms with Gasteiger partial charge in [0.1, 0.15) is 5.56 Å². The number of aryl methyl sites for hydroxylation is 1. The highest BCUT2D eigenvalue weighted by Gasteiger charge is 2.19. The zero-order valence-corrected chi connectivity index (χ0v) is 11.5. The van der Waals surface area contributed by atoms with Crippen LogP contribution in [0.2, 0.25) is 0 Å². The molecule has 0 radical (unpaired) electrons. The van der Waals surface area contributed by atoms with Crippen molar-refractivity contribution in [2.45, 2.75) is 25.7 Å². The van der Waals surface area contributed by atoms with Crippen LogP contribution in [0.5, 0.6) is 0 Å². The van der Waals surface area contributed by atoms with Gasteiger partial charge >= 0.3 is 5.97 Å². The van der Waals surface area contributed by atoms with E-state index >= 15 is 0 Å². The average molecular weight is 274 g/mol. The Morgan fingerprint density at radius 2 is 2.20 bits per heavy atom. The van der Waals surface area contributed by atoms with Crippen molar-refractivity contribution in [1.82, 2.24) is 14.8 Å². The Bertz CT molecular complexity index is 644. The van der Waals surface area contributed by atoms with Gasteiger partial charge in [0, 0.05) is 19.8 Å². The molecule has 20 heavy (non-hydrogen) atoms. The summed E-state index contributed by atoms with van der Waals surface area (Å²) in [7, 11) is 1.80. The highest BCUT2D eigenvalue weighted by molar-refractivity contribution is 6.03. The molecular weight excluding hydrogens is 256 g/mol. The molecule has 1 fully saturated rings. The number of pyridine rings is 1. The van der Waals surface area contributed by atoms with Crippen LogP contribution in [-0.4, -0.2) is 32.4 Å². The van der Waals surface area contributed by atoms with Crippen molar-refractivity contribution < 1.29 is 9.90 Å². The molecule has 0 atom stereocenters. The monoisotopic (exact) mass is 274 g/mol. The van der Waals surface area contributed by atoms with E-state index in [0.29, 0.717) is 17.3 Å². The van der Waals surface area contributed by atoms with Gasteiger partial charge in [-0.25, -0.2) is 9.78 Å². The Labute approximate surface area is 116 Å². The minimum absolute atomic E-state index is 0.212. The molecule has 0 saturated heterocycles. The largest absolute Gasteiger partial charge is 0.478 e. The second-order valence-corrected chi connectivity index (χ2v) is 5.39. The number of carboxylic acid groups (broad SMARTS) is 1. The third-order valence-electron chi connectivity index (χ3n) is 4.03. The van der Waals surface area contributed by atoms with Crippen molar-refractivity contribution in [2.24, 2.45) is 13.0 Å². The smallest absolute Gasteiger partial charge is 0.339 e. The molecule has 0 amide bonds. The molecule has 6 heteroatoms. The lowest BCUT2D eigenvalue weighted by Crippen LogP contribution is -2.14. The van der Waals surface area contributed by atoms with Gasteiger partial charge in [-0.15, -0.1) is 0 Å². The summed E-state index contributed by atoms with van der Waals surface area (Å²) in [5.41, 5.74) is 1.55. The maximum absolute atomic E-state index is 11.4. The van der Waals surface area contributed by atoms with Crippen LogP contribution in [0.25, 0.3) is 11.0 Å². The second kappa shape index (κ2) is 5.11. The minimum atomic E-state index is -0.961. The fourth-order valence-corrected chi connectivity index (χ4v) is 2.91. The number of nitrogens with one attached hydrogen (secondary N) is 1. The molecule has 0 spiro atoms. The number of carbonyl (C=O) groups is 1. The molecule has 106 valence electrons. The third-order valence-corrected chi connectivity index (χ3v) is 4.03. The molecule has 3 rings (SSSR count). The van der Waals surface area contributed by atoms with Crippen LogP contribution in [0.1, 0.15) is 36.0 Å². The summed E-state index contributed by atoms with van der Waals surface area (Å²) >= 11 is 0. The number of hydrogen-bond donors (Lipinski definition) is 2. The fourth-order valence-electron chi connectivity index (χ4n) is 2.91. The van der Waals surface area contributed by atoms with Gasteiger partial charge in [0.25, 0.3) is 0 Å². The Hall–Kier alpha value is -2.11. The third kappa shape index (κ3) is 2.21. The van der Waals surface area contributed by atoms with E-state index in [1.165, 1.54) is 31.9 Å². The van der Waals surface area contributed by atoms with Gasteiger partial charge in [0.15, 0.2) is 5.65 Å². The van der Waals surface area contributed by atoms with E-state index in [-0.39, 0.29) is 5.56 Å². The Kier molecular flexibility index (Phi) is 3.30. The van der Waals surface area contributed by atoms with Crippen molar-refractivity contribution in [1.29, 1.82) is 0 Å². The molecule has 6 nitrogen and oxygen atoms in total. The van der Waals surface area contributed by atoms with Gasteiger partial charge < -0.3 is 10.4 Å². The van der Waals surface area contributed by atoms with Crippen molar-refractivity contribution in [3.8, 4) is 0 Å². The minimum Gasteiger partial charge on any atom is -0.478 e. The van der Waals surface area contributed by atoms with Gasteiger partial charge in [0.2, 0.25) is 0 Å². The summed E-state index contributed by atoms with van der Waals surface area (Å²) < 4.78 is 1.65. The van der Waals surface area contributed by atoms with E-state index < -0.39 is 5.97 Å². The molecule has 0 unspecified atom stereocenters. The summed E-state index contributed by atoms with van der Waals surface area (Å²) in [5.74, 6) is -0.325. The number of anilines is 1. The zero-order valence-electron chi connectivity index (χ0n) is 11.5. The first-order valence-electron chi connectivity index (χ1n) is 6.94. The Morgan fingerprint density at radius 3 is 2.90 bits per heavy atom. The molecule has 1 aliphatic carbocycles. The van der Waals surface area contributed by atoms with Gasteiger partial charge in [-0.3, -0.25) is 4.68 Å². The lowest BCUT2D eigenvalue weighted by atomic mass is 10.1. The molecule has 2 aromatic rings. The van der Waals surface area contributed by atoms with E-state index in [2.05, 4.69) is 15.4 Å². The lowest BCUT2D eigenvalue weighted by Gasteiger charge is -2.14. The van der Waals surface area contributed by atoms with E-state index in [0.717, 1.165) is 11.9 Å². The predicted octanol–water partition coefficient (Wildman–Crippen LogP) is 2.27. The van der Waals surface area contributed by atoms with Crippen LogP contribution in [0.3, 0.4) is 0 Å². The molecule has 2 N–H and O–H groups in total.